The molecule has 1 heterocycles. The molecular weight excluding hydrogens is 397 g/mol. The van der Waals surface area contributed by atoms with Gasteiger partial charge < -0.3 is 25.2 Å². The van der Waals surface area contributed by atoms with Gasteiger partial charge in [0, 0.05) is 38.9 Å². The minimum atomic E-state index is -0.297. The Morgan fingerprint density at radius 3 is 2.39 bits per heavy atom. The van der Waals surface area contributed by atoms with E-state index in [1.165, 1.54) is 17.8 Å². The number of piperazine rings is 1. The number of rotatable bonds is 7. The molecule has 2 N–H and O–H groups in total. The lowest BCUT2D eigenvalue weighted by atomic mass is 10.2. The van der Waals surface area contributed by atoms with Crippen molar-refractivity contribution in [2.24, 2.45) is 4.99 Å². The second-order valence-electron chi connectivity index (χ2n) is 7.39. The first kappa shape index (κ1) is 22.4. The van der Waals surface area contributed by atoms with Crippen LogP contribution in [0.25, 0.3) is 0 Å². The first-order valence-corrected chi connectivity index (χ1v) is 10.5. The largest absolute Gasteiger partial charge is 0.489 e. The molecule has 1 aliphatic heterocycles. The molecule has 1 aliphatic rings. The van der Waals surface area contributed by atoms with E-state index >= 15 is 0 Å². The summed E-state index contributed by atoms with van der Waals surface area (Å²) in [6, 6.07) is 16.2. The van der Waals surface area contributed by atoms with Gasteiger partial charge in [0.2, 0.25) is 5.91 Å². The lowest BCUT2D eigenvalue weighted by molar-refractivity contribution is -0.130. The Labute approximate surface area is 182 Å². The Hall–Kier alpha value is -3.29. The number of amides is 1. The van der Waals surface area contributed by atoms with Gasteiger partial charge in [-0.2, -0.15) is 0 Å². The van der Waals surface area contributed by atoms with Crippen LogP contribution < -0.4 is 20.3 Å². The quantitative estimate of drug-likeness (QED) is 0.523. The normalized spacial score (nSPS) is 15.4. The van der Waals surface area contributed by atoms with Crippen molar-refractivity contribution in [2.45, 2.75) is 13.0 Å². The summed E-state index contributed by atoms with van der Waals surface area (Å²) in [4.78, 5) is 20.9. The standard InChI is InChI=1S/C23H30FN5O2/c1-18(31-21-10-8-19(24)9-11-21)16-26-23(25-2)27-17-22(30)29-14-12-28(13-15-29)20-6-4-3-5-7-20/h3-11,18H,12-17H2,1-2H3,(H2,25,26,27). The number of hydrogen-bond acceptors (Lipinski definition) is 4. The summed E-state index contributed by atoms with van der Waals surface area (Å²) in [5.74, 6) is 0.884. The molecule has 1 saturated heterocycles. The molecule has 1 atom stereocenters. The third-order valence-electron chi connectivity index (χ3n) is 5.09. The number of para-hydroxylation sites is 1. The maximum atomic E-state index is 13.0. The van der Waals surface area contributed by atoms with Crippen molar-refractivity contribution in [3.05, 3.63) is 60.4 Å². The first-order chi connectivity index (χ1) is 15.0. The molecular formula is C23H30FN5O2. The lowest BCUT2D eigenvalue weighted by Gasteiger charge is -2.36. The molecule has 0 bridgehead atoms. The highest BCUT2D eigenvalue weighted by Crippen LogP contribution is 2.15. The van der Waals surface area contributed by atoms with Crippen LogP contribution in [-0.2, 0) is 4.79 Å². The summed E-state index contributed by atoms with van der Waals surface area (Å²) in [5.41, 5.74) is 1.19. The van der Waals surface area contributed by atoms with Crippen LogP contribution in [0.4, 0.5) is 10.1 Å². The van der Waals surface area contributed by atoms with Gasteiger partial charge in [0.1, 0.15) is 17.7 Å². The highest BCUT2D eigenvalue weighted by atomic mass is 19.1. The lowest BCUT2D eigenvalue weighted by Crippen LogP contribution is -2.52. The van der Waals surface area contributed by atoms with Gasteiger partial charge in [0.05, 0.1) is 13.1 Å². The first-order valence-electron chi connectivity index (χ1n) is 10.5. The van der Waals surface area contributed by atoms with Crippen molar-refractivity contribution in [1.82, 2.24) is 15.5 Å². The molecule has 0 spiro atoms. The molecule has 7 nitrogen and oxygen atoms in total. The molecule has 8 heteroatoms. The Morgan fingerprint density at radius 2 is 1.74 bits per heavy atom. The Kier molecular flexibility index (Phi) is 8.09. The zero-order chi connectivity index (χ0) is 22.1. The highest BCUT2D eigenvalue weighted by Gasteiger charge is 2.21. The van der Waals surface area contributed by atoms with Gasteiger partial charge >= 0.3 is 0 Å². The third-order valence-corrected chi connectivity index (χ3v) is 5.09. The number of nitrogens with one attached hydrogen (secondary N) is 2. The number of carbonyl (C=O) groups excluding carboxylic acids is 1. The second kappa shape index (κ2) is 11.2. The smallest absolute Gasteiger partial charge is 0.242 e. The van der Waals surface area contributed by atoms with Crippen molar-refractivity contribution in [3.63, 3.8) is 0 Å². The molecule has 1 amide bonds. The fraction of sp³-hybridized carbons (Fsp3) is 0.391. The summed E-state index contributed by atoms with van der Waals surface area (Å²) in [5, 5.41) is 6.21. The number of hydrogen-bond donors (Lipinski definition) is 2. The van der Waals surface area contributed by atoms with Gasteiger partial charge in [-0.3, -0.25) is 9.79 Å². The molecule has 0 saturated carbocycles. The van der Waals surface area contributed by atoms with Crippen LogP contribution in [0.5, 0.6) is 5.75 Å². The van der Waals surface area contributed by atoms with Crippen LogP contribution in [0.2, 0.25) is 0 Å². The zero-order valence-corrected chi connectivity index (χ0v) is 18.1. The van der Waals surface area contributed by atoms with E-state index in [0.29, 0.717) is 31.3 Å². The van der Waals surface area contributed by atoms with Gasteiger partial charge in [-0.05, 0) is 43.3 Å². The number of nitrogens with zero attached hydrogens (tertiary/aromatic N) is 3. The maximum Gasteiger partial charge on any atom is 0.242 e. The van der Waals surface area contributed by atoms with Crippen molar-refractivity contribution in [1.29, 1.82) is 0 Å². The van der Waals surface area contributed by atoms with E-state index < -0.39 is 0 Å². The van der Waals surface area contributed by atoms with Crippen molar-refractivity contribution in [3.8, 4) is 5.75 Å². The number of benzene rings is 2. The van der Waals surface area contributed by atoms with Crippen LogP contribution in [-0.4, -0.2) is 69.2 Å². The summed E-state index contributed by atoms with van der Waals surface area (Å²) < 4.78 is 18.7. The molecule has 2 aromatic rings. The van der Waals surface area contributed by atoms with Crippen molar-refractivity contribution >= 4 is 17.6 Å². The fourth-order valence-electron chi connectivity index (χ4n) is 3.37. The topological polar surface area (TPSA) is 69.2 Å². The molecule has 166 valence electrons. The number of ether oxygens (including phenoxy) is 1. The predicted octanol–water partition coefficient (Wildman–Crippen LogP) is 2.11. The van der Waals surface area contributed by atoms with Crippen molar-refractivity contribution < 1.29 is 13.9 Å². The third kappa shape index (κ3) is 6.87. The number of aliphatic imine (C=N–C) groups is 1. The minimum absolute atomic E-state index is 0.0475. The van der Waals surface area contributed by atoms with Crippen LogP contribution >= 0.6 is 0 Å². The fourth-order valence-corrected chi connectivity index (χ4v) is 3.37. The van der Waals surface area contributed by atoms with Crippen LogP contribution in [0.15, 0.2) is 59.6 Å². The monoisotopic (exact) mass is 427 g/mol. The van der Waals surface area contributed by atoms with Gasteiger partial charge in [-0.15, -0.1) is 0 Å². The zero-order valence-electron chi connectivity index (χ0n) is 18.1. The maximum absolute atomic E-state index is 13.0. The molecule has 0 radical (unpaired) electrons. The molecule has 1 unspecified atom stereocenters. The molecule has 3 rings (SSSR count). The number of anilines is 1. The Morgan fingerprint density at radius 1 is 1.06 bits per heavy atom. The summed E-state index contributed by atoms with van der Waals surface area (Å²) in [6.07, 6.45) is -0.161. The van der Waals surface area contributed by atoms with E-state index in [2.05, 4.69) is 32.7 Å². The average molecular weight is 428 g/mol. The van der Waals surface area contributed by atoms with Gasteiger partial charge in [0.15, 0.2) is 5.96 Å². The van der Waals surface area contributed by atoms with Gasteiger partial charge in [-0.1, -0.05) is 18.2 Å². The van der Waals surface area contributed by atoms with Gasteiger partial charge in [0.25, 0.3) is 0 Å². The second-order valence-corrected chi connectivity index (χ2v) is 7.39. The van der Waals surface area contributed by atoms with E-state index in [-0.39, 0.29) is 24.4 Å². The van der Waals surface area contributed by atoms with Crippen LogP contribution in [0, 0.1) is 5.82 Å². The molecule has 1 fully saturated rings. The molecule has 2 aromatic carbocycles. The molecule has 31 heavy (non-hydrogen) atoms. The van der Waals surface area contributed by atoms with E-state index in [1.54, 1.807) is 19.2 Å². The SMILES string of the molecule is CN=C(NCC(=O)N1CCN(c2ccccc2)CC1)NCC(C)Oc1ccc(F)cc1. The van der Waals surface area contributed by atoms with Crippen molar-refractivity contribution in [2.75, 3.05) is 51.2 Å². The number of guanidine groups is 1. The van der Waals surface area contributed by atoms with E-state index in [0.717, 1.165) is 13.1 Å². The van der Waals surface area contributed by atoms with E-state index in [1.807, 2.05) is 30.0 Å². The minimum Gasteiger partial charge on any atom is -0.489 e. The Balaban J connectivity index is 1.37. The van der Waals surface area contributed by atoms with E-state index in [9.17, 15) is 9.18 Å². The van der Waals surface area contributed by atoms with E-state index in [4.69, 9.17) is 4.74 Å². The molecule has 0 aliphatic carbocycles. The number of halogens is 1. The van der Waals surface area contributed by atoms with Gasteiger partial charge in [-0.25, -0.2) is 4.39 Å². The molecule has 0 aromatic heterocycles. The highest BCUT2D eigenvalue weighted by molar-refractivity contribution is 5.86. The average Bonchev–Trinajstić information content (AvgIpc) is 2.81. The summed E-state index contributed by atoms with van der Waals surface area (Å²) in [7, 11) is 1.66. The summed E-state index contributed by atoms with van der Waals surface area (Å²) >= 11 is 0. The Bertz CT molecular complexity index is 852. The predicted molar refractivity (Wildman–Crippen MR) is 121 cm³/mol. The van der Waals surface area contributed by atoms with Crippen LogP contribution in [0.3, 0.4) is 0 Å². The summed E-state index contributed by atoms with van der Waals surface area (Å²) in [6.45, 7) is 5.61. The van der Waals surface area contributed by atoms with Crippen LogP contribution in [0.1, 0.15) is 6.92 Å². The number of carbonyl (C=O) groups is 1.